The molecule has 1 saturated carbocycles. The Morgan fingerprint density at radius 3 is 1.91 bits per heavy atom. The van der Waals surface area contributed by atoms with E-state index in [0.29, 0.717) is 5.92 Å². The van der Waals surface area contributed by atoms with Gasteiger partial charge in [-0.25, -0.2) is 4.79 Å². The highest BCUT2D eigenvalue weighted by Gasteiger charge is 2.55. The van der Waals surface area contributed by atoms with Crippen molar-refractivity contribution in [2.24, 2.45) is 5.92 Å². The predicted molar refractivity (Wildman–Crippen MR) is 141 cm³/mol. The summed E-state index contributed by atoms with van der Waals surface area (Å²) in [5, 5.41) is 2.62. The third kappa shape index (κ3) is 4.96. The molecule has 1 spiro atoms. The van der Waals surface area contributed by atoms with Crippen LogP contribution in [0.2, 0.25) is 5.04 Å². The number of carbonyl (C=O) groups excluding carboxylic acids is 1. The monoisotopic (exact) mass is 479 g/mol. The molecule has 1 heterocycles. The third-order valence-electron chi connectivity index (χ3n) is 7.40. The summed E-state index contributed by atoms with van der Waals surface area (Å²) in [6, 6.07) is 21.7. The Kier molecular flexibility index (Phi) is 6.73. The summed E-state index contributed by atoms with van der Waals surface area (Å²) in [7, 11) is -2.54. The van der Waals surface area contributed by atoms with Crippen LogP contribution in [0.1, 0.15) is 67.2 Å². The Hall–Kier alpha value is -2.11. The normalized spacial score (nSPS) is 20.3. The lowest BCUT2D eigenvalue weighted by Crippen LogP contribution is -2.67. The van der Waals surface area contributed by atoms with E-state index in [4.69, 9.17) is 9.16 Å². The Bertz CT molecular complexity index is 934. The number of carbonyl (C=O) groups is 1. The molecule has 1 aliphatic carbocycles. The van der Waals surface area contributed by atoms with Gasteiger partial charge in [0.1, 0.15) is 5.60 Å². The number of piperidine rings is 1. The lowest BCUT2D eigenvalue weighted by atomic mass is 9.90. The van der Waals surface area contributed by atoms with Crippen molar-refractivity contribution >= 4 is 24.8 Å². The highest BCUT2D eigenvalue weighted by atomic mass is 28.4. The Balaban J connectivity index is 1.56. The average molecular weight is 480 g/mol. The zero-order valence-corrected chi connectivity index (χ0v) is 22.8. The molecule has 34 heavy (non-hydrogen) atoms. The molecule has 5 heteroatoms. The van der Waals surface area contributed by atoms with E-state index in [2.05, 4.69) is 81.4 Å². The van der Waals surface area contributed by atoms with Crippen molar-refractivity contribution in [1.82, 2.24) is 4.90 Å². The van der Waals surface area contributed by atoms with E-state index in [0.717, 1.165) is 38.8 Å². The van der Waals surface area contributed by atoms with Crippen LogP contribution in [0, 0.1) is 5.92 Å². The van der Waals surface area contributed by atoms with Gasteiger partial charge >= 0.3 is 6.09 Å². The van der Waals surface area contributed by atoms with Crippen LogP contribution in [-0.2, 0) is 9.16 Å². The van der Waals surface area contributed by atoms with Crippen LogP contribution in [-0.4, -0.2) is 43.6 Å². The summed E-state index contributed by atoms with van der Waals surface area (Å²) in [4.78, 5) is 14.9. The van der Waals surface area contributed by atoms with Crippen molar-refractivity contribution in [3.63, 3.8) is 0 Å². The van der Waals surface area contributed by atoms with Crippen LogP contribution >= 0.6 is 0 Å². The molecule has 0 N–H and O–H groups in total. The fourth-order valence-corrected chi connectivity index (χ4v) is 10.3. The molecule has 1 atom stereocenters. The van der Waals surface area contributed by atoms with Crippen LogP contribution in [0.5, 0.6) is 0 Å². The maximum absolute atomic E-state index is 12.9. The Labute approximate surface area is 206 Å². The van der Waals surface area contributed by atoms with Crippen molar-refractivity contribution in [2.45, 2.75) is 83.4 Å². The van der Waals surface area contributed by atoms with Gasteiger partial charge in [0.2, 0.25) is 0 Å². The van der Waals surface area contributed by atoms with Crippen molar-refractivity contribution in [1.29, 1.82) is 0 Å². The number of hydrogen-bond acceptors (Lipinski definition) is 3. The Morgan fingerprint density at radius 2 is 1.47 bits per heavy atom. The van der Waals surface area contributed by atoms with Gasteiger partial charge in [-0.1, -0.05) is 81.4 Å². The standard InChI is InChI=1S/C29H41NO3Si/c1-27(2,3)33-26(31)30-20-17-23(21-29(30)18-19-29)22-32-34(28(4,5)6,24-13-9-7-10-14-24)25-15-11-8-12-16-25/h7-16,23H,17-22H2,1-6H3. The van der Waals surface area contributed by atoms with Gasteiger partial charge in [0, 0.05) is 18.7 Å². The second-order valence-electron chi connectivity index (χ2n) is 12.2. The van der Waals surface area contributed by atoms with E-state index in [1.807, 2.05) is 25.7 Å². The molecule has 1 saturated heterocycles. The SMILES string of the molecule is CC(C)(C)OC(=O)N1CCC(CO[Si](c2ccccc2)(c2ccccc2)C(C)(C)C)CC12CC2. The number of benzene rings is 2. The molecule has 0 radical (unpaired) electrons. The van der Waals surface area contributed by atoms with Gasteiger partial charge in [0.05, 0.1) is 0 Å². The topological polar surface area (TPSA) is 38.8 Å². The van der Waals surface area contributed by atoms with Gasteiger partial charge in [0.25, 0.3) is 8.32 Å². The number of likely N-dealkylation sites (tertiary alicyclic amines) is 1. The highest BCUT2D eigenvalue weighted by Crippen LogP contribution is 2.51. The molecule has 4 rings (SSSR count). The van der Waals surface area contributed by atoms with E-state index in [1.54, 1.807) is 0 Å². The zero-order chi connectivity index (χ0) is 24.6. The second-order valence-corrected chi connectivity index (χ2v) is 16.5. The minimum Gasteiger partial charge on any atom is -0.444 e. The molecule has 1 amide bonds. The van der Waals surface area contributed by atoms with E-state index < -0.39 is 13.9 Å². The van der Waals surface area contributed by atoms with Crippen LogP contribution in [0.15, 0.2) is 60.7 Å². The van der Waals surface area contributed by atoms with Gasteiger partial charge in [-0.3, -0.25) is 0 Å². The third-order valence-corrected chi connectivity index (χ3v) is 12.4. The second kappa shape index (κ2) is 9.16. The summed E-state index contributed by atoms with van der Waals surface area (Å²) in [6.07, 6.45) is 3.95. The fraction of sp³-hybridized carbons (Fsp3) is 0.552. The molecule has 1 unspecified atom stereocenters. The van der Waals surface area contributed by atoms with Crippen molar-refractivity contribution < 1.29 is 14.0 Å². The Morgan fingerprint density at radius 1 is 0.941 bits per heavy atom. The molecule has 2 fully saturated rings. The number of hydrogen-bond donors (Lipinski definition) is 0. The predicted octanol–water partition coefficient (Wildman–Crippen LogP) is 5.74. The van der Waals surface area contributed by atoms with Crippen LogP contribution in [0.4, 0.5) is 4.79 Å². The smallest absolute Gasteiger partial charge is 0.410 e. The first-order chi connectivity index (χ1) is 16.0. The summed E-state index contributed by atoms with van der Waals surface area (Å²) in [5.41, 5.74) is -0.490. The quantitative estimate of drug-likeness (QED) is 0.513. The lowest BCUT2D eigenvalue weighted by Gasteiger charge is -2.45. The summed E-state index contributed by atoms with van der Waals surface area (Å²) < 4.78 is 12.9. The first kappa shape index (κ1) is 25.0. The molecule has 1 aliphatic heterocycles. The summed E-state index contributed by atoms with van der Waals surface area (Å²) in [5.74, 6) is 0.447. The summed E-state index contributed by atoms with van der Waals surface area (Å²) >= 11 is 0. The van der Waals surface area contributed by atoms with Gasteiger partial charge in [0.15, 0.2) is 0 Å². The van der Waals surface area contributed by atoms with Crippen LogP contribution in [0.25, 0.3) is 0 Å². The van der Waals surface area contributed by atoms with Crippen molar-refractivity contribution in [3.8, 4) is 0 Å². The molecule has 0 aromatic heterocycles. The van der Waals surface area contributed by atoms with E-state index in [-0.39, 0.29) is 16.7 Å². The minimum absolute atomic E-state index is 0.0236. The molecular formula is C29H41NO3Si. The van der Waals surface area contributed by atoms with Gasteiger partial charge in [-0.15, -0.1) is 0 Å². The molecule has 2 aromatic rings. The van der Waals surface area contributed by atoms with Crippen molar-refractivity contribution in [3.05, 3.63) is 60.7 Å². The molecule has 2 aromatic carbocycles. The first-order valence-electron chi connectivity index (χ1n) is 12.7. The zero-order valence-electron chi connectivity index (χ0n) is 21.8. The number of nitrogens with zero attached hydrogens (tertiary/aromatic N) is 1. The van der Waals surface area contributed by atoms with E-state index in [1.165, 1.54) is 10.4 Å². The van der Waals surface area contributed by atoms with Crippen LogP contribution < -0.4 is 10.4 Å². The first-order valence-corrected chi connectivity index (χ1v) is 14.6. The highest BCUT2D eigenvalue weighted by molar-refractivity contribution is 6.99. The summed E-state index contributed by atoms with van der Waals surface area (Å²) in [6.45, 7) is 14.3. The maximum Gasteiger partial charge on any atom is 0.410 e. The van der Waals surface area contributed by atoms with E-state index in [9.17, 15) is 4.79 Å². The minimum atomic E-state index is -2.54. The van der Waals surface area contributed by atoms with E-state index >= 15 is 0 Å². The van der Waals surface area contributed by atoms with Gasteiger partial charge < -0.3 is 14.1 Å². The average Bonchev–Trinajstić information content (AvgIpc) is 3.52. The van der Waals surface area contributed by atoms with Gasteiger partial charge in [-0.2, -0.15) is 0 Å². The fourth-order valence-electron chi connectivity index (χ4n) is 5.67. The van der Waals surface area contributed by atoms with Crippen LogP contribution in [0.3, 0.4) is 0 Å². The number of amides is 1. The van der Waals surface area contributed by atoms with Gasteiger partial charge in [-0.05, 0) is 67.8 Å². The molecule has 4 nitrogen and oxygen atoms in total. The number of rotatable bonds is 5. The van der Waals surface area contributed by atoms with Crippen molar-refractivity contribution in [2.75, 3.05) is 13.2 Å². The lowest BCUT2D eigenvalue weighted by molar-refractivity contribution is -0.00378. The molecule has 184 valence electrons. The molecule has 0 bridgehead atoms. The molecule has 2 aliphatic rings. The maximum atomic E-state index is 12.9. The molecular weight excluding hydrogens is 438 g/mol. The number of ether oxygens (including phenoxy) is 1. The largest absolute Gasteiger partial charge is 0.444 e.